The van der Waals surface area contributed by atoms with Crippen LogP contribution >= 0.6 is 0 Å². The van der Waals surface area contributed by atoms with Crippen LogP contribution in [-0.2, 0) is 6.42 Å². The van der Waals surface area contributed by atoms with E-state index in [1.807, 2.05) is 18.2 Å². The molecule has 0 N–H and O–H groups in total. The van der Waals surface area contributed by atoms with E-state index in [2.05, 4.69) is 18.0 Å². The number of hydrogen-bond acceptors (Lipinski definition) is 1. The van der Waals surface area contributed by atoms with Crippen LogP contribution < -0.4 is 0 Å². The van der Waals surface area contributed by atoms with Crippen molar-refractivity contribution in [2.75, 3.05) is 0 Å². The van der Waals surface area contributed by atoms with E-state index in [-0.39, 0.29) is 11.4 Å². The highest BCUT2D eigenvalue weighted by atomic mass is 19.1. The second-order valence-corrected chi connectivity index (χ2v) is 4.50. The number of aliphatic imine (C=N–C) groups is 1. The van der Waals surface area contributed by atoms with Gasteiger partial charge < -0.3 is 0 Å². The van der Waals surface area contributed by atoms with Crippen LogP contribution in [0.25, 0.3) is 0 Å². The summed E-state index contributed by atoms with van der Waals surface area (Å²) >= 11 is 0. The molecule has 1 atom stereocenters. The Balaban J connectivity index is 2.21. The summed E-state index contributed by atoms with van der Waals surface area (Å²) in [5.41, 5.74) is 3.13. The monoisotopic (exact) mass is 201 g/mol. The number of allylic oxidation sites excluding steroid dienone is 1. The Morgan fingerprint density at radius 1 is 1.33 bits per heavy atom. The van der Waals surface area contributed by atoms with E-state index in [0.29, 0.717) is 0 Å². The summed E-state index contributed by atoms with van der Waals surface area (Å²) in [6.45, 7) is 2.06. The maximum atomic E-state index is 13.2. The molecule has 76 valence electrons. The summed E-state index contributed by atoms with van der Waals surface area (Å²) in [4.78, 5) is 4.03. The number of benzene rings is 1. The van der Waals surface area contributed by atoms with Crippen LogP contribution in [0.4, 0.5) is 4.39 Å². The van der Waals surface area contributed by atoms with E-state index in [0.717, 1.165) is 24.1 Å². The zero-order valence-electron chi connectivity index (χ0n) is 8.63. The molecular weight excluding hydrogens is 189 g/mol. The van der Waals surface area contributed by atoms with Gasteiger partial charge in [-0.25, -0.2) is 4.99 Å². The third-order valence-corrected chi connectivity index (χ3v) is 3.38. The first-order chi connectivity index (χ1) is 7.19. The van der Waals surface area contributed by atoms with E-state index in [1.54, 1.807) is 6.08 Å². The molecule has 1 aromatic carbocycles. The number of halogens is 1. The molecule has 1 aliphatic heterocycles. The lowest BCUT2D eigenvalue weighted by Crippen LogP contribution is -2.29. The molecule has 0 saturated heterocycles. The summed E-state index contributed by atoms with van der Waals surface area (Å²) in [6.07, 6.45) is 3.62. The Morgan fingerprint density at radius 2 is 2.13 bits per heavy atom. The van der Waals surface area contributed by atoms with Crippen molar-refractivity contribution in [1.29, 1.82) is 0 Å². The summed E-state index contributed by atoms with van der Waals surface area (Å²) in [5.74, 6) is -0.329. The normalized spacial score (nSPS) is 27.9. The van der Waals surface area contributed by atoms with Gasteiger partial charge in [-0.15, -0.1) is 0 Å². The van der Waals surface area contributed by atoms with Gasteiger partial charge in [0.1, 0.15) is 0 Å². The summed E-state index contributed by atoms with van der Waals surface area (Å²) in [6, 6.07) is 8.16. The Labute approximate surface area is 88.3 Å². The maximum Gasteiger partial charge on any atom is 0.210 e. The molecule has 1 aliphatic carbocycles. The van der Waals surface area contributed by atoms with E-state index in [9.17, 15) is 4.39 Å². The van der Waals surface area contributed by atoms with Gasteiger partial charge in [0.15, 0.2) is 0 Å². The van der Waals surface area contributed by atoms with Crippen LogP contribution in [-0.4, -0.2) is 5.71 Å². The van der Waals surface area contributed by atoms with Gasteiger partial charge in [0.25, 0.3) is 0 Å². The zero-order chi connectivity index (χ0) is 10.5. The highest BCUT2D eigenvalue weighted by molar-refractivity contribution is 6.09. The van der Waals surface area contributed by atoms with Crippen molar-refractivity contribution in [3.8, 4) is 0 Å². The van der Waals surface area contributed by atoms with Crippen molar-refractivity contribution in [2.45, 2.75) is 19.8 Å². The maximum absolute atomic E-state index is 13.2. The lowest BCUT2D eigenvalue weighted by atomic mass is 9.72. The van der Waals surface area contributed by atoms with Crippen LogP contribution in [0.3, 0.4) is 0 Å². The van der Waals surface area contributed by atoms with E-state index >= 15 is 0 Å². The summed E-state index contributed by atoms with van der Waals surface area (Å²) < 4.78 is 13.2. The second-order valence-electron chi connectivity index (χ2n) is 4.50. The Hall–Kier alpha value is -1.44. The lowest BCUT2D eigenvalue weighted by molar-refractivity contribution is 0.523. The molecule has 1 unspecified atom stereocenters. The van der Waals surface area contributed by atoms with Gasteiger partial charge in [-0.3, -0.25) is 0 Å². The van der Waals surface area contributed by atoms with E-state index in [1.165, 1.54) is 5.56 Å². The van der Waals surface area contributed by atoms with Crippen LogP contribution in [0.2, 0.25) is 0 Å². The molecule has 0 amide bonds. The molecule has 0 spiro atoms. The van der Waals surface area contributed by atoms with Crippen molar-refractivity contribution in [2.24, 2.45) is 10.4 Å². The van der Waals surface area contributed by atoms with E-state index < -0.39 is 0 Å². The molecule has 0 aromatic heterocycles. The first-order valence-corrected chi connectivity index (χ1v) is 5.25. The molecule has 3 rings (SSSR count). The van der Waals surface area contributed by atoms with Crippen LogP contribution in [0.1, 0.15) is 24.5 Å². The third kappa shape index (κ3) is 1.17. The largest absolute Gasteiger partial charge is 0.224 e. The Morgan fingerprint density at radius 3 is 3.00 bits per heavy atom. The van der Waals surface area contributed by atoms with Crippen molar-refractivity contribution >= 4 is 5.71 Å². The standard InChI is InChI=1S/C13H12FN/c1-13-7-6-9-4-2-3-5-10(9)12(13)15-11(14)8-13/h2-5,8H,6-7H2,1H3. The molecular formula is C13H12FN. The molecule has 2 aliphatic rings. The van der Waals surface area contributed by atoms with Crippen molar-refractivity contribution in [3.05, 3.63) is 47.4 Å². The molecule has 1 nitrogen and oxygen atoms in total. The lowest BCUT2D eigenvalue weighted by Gasteiger charge is -2.30. The topological polar surface area (TPSA) is 12.4 Å². The molecule has 2 heteroatoms. The average molecular weight is 201 g/mol. The van der Waals surface area contributed by atoms with Crippen molar-refractivity contribution in [1.82, 2.24) is 0 Å². The second kappa shape index (κ2) is 2.78. The highest BCUT2D eigenvalue weighted by Crippen LogP contribution is 2.41. The summed E-state index contributed by atoms with van der Waals surface area (Å²) in [7, 11) is 0. The first-order valence-electron chi connectivity index (χ1n) is 5.25. The van der Waals surface area contributed by atoms with Crippen LogP contribution in [0.15, 0.2) is 41.3 Å². The third-order valence-electron chi connectivity index (χ3n) is 3.38. The number of rotatable bonds is 0. The van der Waals surface area contributed by atoms with Crippen molar-refractivity contribution < 1.29 is 4.39 Å². The molecule has 0 fully saturated rings. The van der Waals surface area contributed by atoms with Crippen molar-refractivity contribution in [3.63, 3.8) is 0 Å². The predicted molar refractivity (Wildman–Crippen MR) is 58.6 cm³/mol. The van der Waals surface area contributed by atoms with Gasteiger partial charge in [-0.1, -0.05) is 31.2 Å². The van der Waals surface area contributed by atoms with Gasteiger partial charge in [-0.05, 0) is 24.5 Å². The first kappa shape index (κ1) is 8.84. The van der Waals surface area contributed by atoms with Gasteiger partial charge in [0, 0.05) is 11.0 Å². The Kier molecular flexibility index (Phi) is 1.64. The fraction of sp³-hybridized carbons (Fsp3) is 0.308. The smallest absolute Gasteiger partial charge is 0.210 e. The number of fused-ring (bicyclic) bond motifs is 3. The fourth-order valence-electron chi connectivity index (χ4n) is 2.52. The Bertz CT molecular complexity index is 487. The minimum Gasteiger partial charge on any atom is -0.224 e. The predicted octanol–water partition coefficient (Wildman–Crippen LogP) is 3.25. The number of aryl methyl sites for hydroxylation is 1. The van der Waals surface area contributed by atoms with Gasteiger partial charge in [0.05, 0.1) is 5.71 Å². The molecule has 1 heterocycles. The molecule has 0 bridgehead atoms. The number of nitrogens with zero attached hydrogens (tertiary/aromatic N) is 1. The molecule has 15 heavy (non-hydrogen) atoms. The zero-order valence-corrected chi connectivity index (χ0v) is 8.63. The SMILES string of the molecule is CC12C=C(F)N=C1c1ccccc1CC2. The molecule has 1 aromatic rings. The minimum absolute atomic E-state index is 0.182. The number of hydrogen-bond donors (Lipinski definition) is 0. The van der Waals surface area contributed by atoms with Crippen LogP contribution in [0.5, 0.6) is 0 Å². The van der Waals surface area contributed by atoms with E-state index in [4.69, 9.17) is 0 Å². The average Bonchev–Trinajstić information content (AvgIpc) is 2.53. The fourth-order valence-corrected chi connectivity index (χ4v) is 2.52. The van der Waals surface area contributed by atoms with Gasteiger partial charge >= 0.3 is 0 Å². The highest BCUT2D eigenvalue weighted by Gasteiger charge is 2.38. The molecule has 0 saturated carbocycles. The van der Waals surface area contributed by atoms with Gasteiger partial charge in [-0.2, -0.15) is 4.39 Å². The quantitative estimate of drug-likeness (QED) is 0.571. The molecule has 0 radical (unpaired) electrons. The van der Waals surface area contributed by atoms with Crippen LogP contribution in [0, 0.1) is 5.41 Å². The van der Waals surface area contributed by atoms with Gasteiger partial charge in [0.2, 0.25) is 5.95 Å². The summed E-state index contributed by atoms with van der Waals surface area (Å²) in [5, 5.41) is 0. The minimum atomic E-state index is -0.329.